The lowest BCUT2D eigenvalue weighted by atomic mass is 9.93. The van der Waals surface area contributed by atoms with Gasteiger partial charge in [-0.2, -0.15) is 0 Å². The number of hydrogen-bond acceptors (Lipinski definition) is 4. The molecule has 0 bridgehead atoms. The van der Waals surface area contributed by atoms with Crippen LogP contribution >= 0.6 is 0 Å². The molecule has 0 saturated carbocycles. The zero-order valence-corrected chi connectivity index (χ0v) is 11.1. The van der Waals surface area contributed by atoms with Crippen LogP contribution in [0.5, 0.6) is 0 Å². The van der Waals surface area contributed by atoms with Gasteiger partial charge >= 0.3 is 5.97 Å². The smallest absolute Gasteiger partial charge is 0.320 e. The summed E-state index contributed by atoms with van der Waals surface area (Å²) in [5, 5.41) is 3.45. The number of rotatable bonds is 4. The Labute approximate surface area is 104 Å². The molecule has 0 aromatic heterocycles. The fourth-order valence-electron chi connectivity index (χ4n) is 3.32. The summed E-state index contributed by atoms with van der Waals surface area (Å²) in [5.74, 6) is 1.38. The van der Waals surface area contributed by atoms with E-state index in [1.54, 1.807) is 0 Å². The Balaban J connectivity index is 1.90. The molecule has 0 aliphatic carbocycles. The first kappa shape index (κ1) is 12.8. The molecule has 2 saturated heterocycles. The molecule has 1 N–H and O–H groups in total. The number of ether oxygens (including phenoxy) is 1. The first-order valence-electron chi connectivity index (χ1n) is 6.76. The molecule has 2 heterocycles. The zero-order valence-electron chi connectivity index (χ0n) is 11.1. The molecule has 0 amide bonds. The first-order chi connectivity index (χ1) is 8.11. The van der Waals surface area contributed by atoms with Gasteiger partial charge in [0.05, 0.1) is 12.6 Å². The molecule has 98 valence electrons. The maximum absolute atomic E-state index is 11.7. The zero-order chi connectivity index (χ0) is 12.4. The van der Waals surface area contributed by atoms with Crippen molar-refractivity contribution in [2.45, 2.75) is 39.3 Å². The van der Waals surface area contributed by atoms with E-state index in [-0.39, 0.29) is 12.1 Å². The lowest BCUT2D eigenvalue weighted by Crippen LogP contribution is -2.39. The second-order valence-electron chi connectivity index (χ2n) is 5.53. The quantitative estimate of drug-likeness (QED) is 0.740. The largest absolute Gasteiger partial charge is 0.462 e. The third-order valence-corrected chi connectivity index (χ3v) is 3.94. The van der Waals surface area contributed by atoms with E-state index in [4.69, 9.17) is 4.74 Å². The minimum Gasteiger partial charge on any atom is -0.462 e. The Hall–Kier alpha value is -0.610. The molecule has 2 aliphatic rings. The van der Waals surface area contributed by atoms with E-state index in [9.17, 15) is 4.79 Å². The van der Waals surface area contributed by atoms with Gasteiger partial charge in [-0.15, -0.1) is 0 Å². The normalized spacial score (nSPS) is 33.1. The van der Waals surface area contributed by atoms with Crippen LogP contribution in [0.15, 0.2) is 0 Å². The molecule has 0 aromatic rings. The standard InChI is InChI=1S/C13H24N2O2/c1-4-12-11-6-14-5-10(11)7-15(12)8-13(16)17-9(2)3/h9-12,14H,4-8H2,1-3H3. The number of esters is 1. The van der Waals surface area contributed by atoms with Crippen molar-refractivity contribution in [3.63, 3.8) is 0 Å². The monoisotopic (exact) mass is 240 g/mol. The minimum absolute atomic E-state index is 0.00801. The summed E-state index contributed by atoms with van der Waals surface area (Å²) in [6, 6.07) is 0.551. The van der Waals surface area contributed by atoms with Crippen molar-refractivity contribution in [2.24, 2.45) is 11.8 Å². The van der Waals surface area contributed by atoms with E-state index in [1.807, 2.05) is 13.8 Å². The number of nitrogens with one attached hydrogen (secondary N) is 1. The van der Waals surface area contributed by atoms with Crippen LogP contribution in [0.1, 0.15) is 27.2 Å². The summed E-state index contributed by atoms with van der Waals surface area (Å²) in [4.78, 5) is 14.0. The molecule has 0 aromatic carbocycles. The molecule has 4 heteroatoms. The highest BCUT2D eigenvalue weighted by atomic mass is 16.5. The van der Waals surface area contributed by atoms with Crippen molar-refractivity contribution < 1.29 is 9.53 Å². The summed E-state index contributed by atoms with van der Waals surface area (Å²) >= 11 is 0. The van der Waals surface area contributed by atoms with Gasteiger partial charge in [0.15, 0.2) is 0 Å². The van der Waals surface area contributed by atoms with Gasteiger partial charge in [0.25, 0.3) is 0 Å². The number of nitrogens with zero attached hydrogens (tertiary/aromatic N) is 1. The molecule has 2 fully saturated rings. The number of carbonyl (C=O) groups is 1. The summed E-state index contributed by atoms with van der Waals surface area (Å²) in [6.45, 7) is 9.74. The van der Waals surface area contributed by atoms with Crippen molar-refractivity contribution in [2.75, 3.05) is 26.2 Å². The predicted octanol–water partition coefficient (Wildman–Crippen LogP) is 0.868. The average Bonchev–Trinajstić information content (AvgIpc) is 2.75. The summed E-state index contributed by atoms with van der Waals surface area (Å²) < 4.78 is 5.23. The van der Waals surface area contributed by atoms with Crippen molar-refractivity contribution >= 4 is 5.97 Å². The number of fused-ring (bicyclic) bond motifs is 1. The average molecular weight is 240 g/mol. The number of carbonyl (C=O) groups excluding carboxylic acids is 1. The molecule has 3 atom stereocenters. The van der Waals surface area contributed by atoms with Gasteiger partial charge in [0.1, 0.15) is 0 Å². The second-order valence-corrected chi connectivity index (χ2v) is 5.53. The highest BCUT2D eigenvalue weighted by molar-refractivity contribution is 5.72. The van der Waals surface area contributed by atoms with Gasteiger partial charge in [-0.25, -0.2) is 0 Å². The van der Waals surface area contributed by atoms with Gasteiger partial charge < -0.3 is 10.1 Å². The fourth-order valence-corrected chi connectivity index (χ4v) is 3.32. The topological polar surface area (TPSA) is 41.6 Å². The van der Waals surface area contributed by atoms with Crippen LogP contribution in [0, 0.1) is 11.8 Å². The molecule has 3 unspecified atom stereocenters. The van der Waals surface area contributed by atoms with Gasteiger partial charge in [-0.3, -0.25) is 9.69 Å². The Bertz CT molecular complexity index is 281. The van der Waals surface area contributed by atoms with Crippen molar-refractivity contribution in [3.05, 3.63) is 0 Å². The van der Waals surface area contributed by atoms with Gasteiger partial charge in [-0.05, 0) is 45.2 Å². The van der Waals surface area contributed by atoms with Gasteiger partial charge in [0.2, 0.25) is 0 Å². The third kappa shape index (κ3) is 2.80. The Kier molecular flexibility index (Phi) is 4.05. The molecule has 0 radical (unpaired) electrons. The fraction of sp³-hybridized carbons (Fsp3) is 0.923. The molecule has 2 rings (SSSR count). The Morgan fingerprint density at radius 2 is 2.24 bits per heavy atom. The molecule has 17 heavy (non-hydrogen) atoms. The summed E-state index contributed by atoms with van der Waals surface area (Å²) in [7, 11) is 0. The number of likely N-dealkylation sites (tertiary alicyclic amines) is 1. The van der Waals surface area contributed by atoms with E-state index in [1.165, 1.54) is 0 Å². The highest BCUT2D eigenvalue weighted by Gasteiger charge is 2.43. The van der Waals surface area contributed by atoms with Crippen molar-refractivity contribution in [1.29, 1.82) is 0 Å². The van der Waals surface area contributed by atoms with Crippen LogP contribution in [-0.2, 0) is 9.53 Å². The maximum Gasteiger partial charge on any atom is 0.320 e. The summed E-state index contributed by atoms with van der Waals surface area (Å²) in [5.41, 5.74) is 0. The molecular formula is C13H24N2O2. The number of hydrogen-bond donors (Lipinski definition) is 1. The molecular weight excluding hydrogens is 216 g/mol. The molecule has 2 aliphatic heterocycles. The Morgan fingerprint density at radius 1 is 1.47 bits per heavy atom. The second kappa shape index (κ2) is 5.36. The van der Waals surface area contributed by atoms with Gasteiger partial charge in [0, 0.05) is 12.6 Å². The van der Waals surface area contributed by atoms with Crippen LogP contribution in [0.3, 0.4) is 0 Å². The minimum atomic E-state index is -0.0774. The van der Waals surface area contributed by atoms with E-state index < -0.39 is 0 Å². The lowest BCUT2D eigenvalue weighted by molar-refractivity contribution is -0.149. The maximum atomic E-state index is 11.7. The van der Waals surface area contributed by atoms with Crippen molar-refractivity contribution in [1.82, 2.24) is 10.2 Å². The van der Waals surface area contributed by atoms with Gasteiger partial charge in [-0.1, -0.05) is 6.92 Å². The van der Waals surface area contributed by atoms with Crippen LogP contribution in [0.2, 0.25) is 0 Å². The third-order valence-electron chi connectivity index (χ3n) is 3.94. The van der Waals surface area contributed by atoms with Crippen LogP contribution in [-0.4, -0.2) is 49.2 Å². The van der Waals surface area contributed by atoms with Crippen LogP contribution in [0.4, 0.5) is 0 Å². The van der Waals surface area contributed by atoms with E-state index in [2.05, 4.69) is 17.1 Å². The van der Waals surface area contributed by atoms with E-state index in [0.717, 1.165) is 37.9 Å². The predicted molar refractivity (Wildman–Crippen MR) is 66.7 cm³/mol. The first-order valence-corrected chi connectivity index (χ1v) is 6.76. The Morgan fingerprint density at radius 3 is 2.88 bits per heavy atom. The van der Waals surface area contributed by atoms with Crippen LogP contribution in [0.25, 0.3) is 0 Å². The lowest BCUT2D eigenvalue weighted by Gasteiger charge is -2.26. The van der Waals surface area contributed by atoms with E-state index >= 15 is 0 Å². The highest BCUT2D eigenvalue weighted by Crippen LogP contribution is 2.33. The molecule has 0 spiro atoms. The van der Waals surface area contributed by atoms with Crippen molar-refractivity contribution in [3.8, 4) is 0 Å². The van der Waals surface area contributed by atoms with Crippen LogP contribution < -0.4 is 5.32 Å². The molecule has 4 nitrogen and oxygen atoms in total. The van der Waals surface area contributed by atoms with E-state index in [0.29, 0.717) is 12.6 Å². The SMILES string of the molecule is CCC1C2CNCC2CN1CC(=O)OC(C)C. The summed E-state index contributed by atoms with van der Waals surface area (Å²) in [6.07, 6.45) is 1.11.